The third-order valence-corrected chi connectivity index (χ3v) is 14.1. The predicted octanol–water partition coefficient (Wildman–Crippen LogP) is 18.0. The Balaban J connectivity index is 4.33. The zero-order chi connectivity index (χ0) is 47.5. The lowest BCUT2D eigenvalue weighted by Gasteiger charge is -2.24. The van der Waals surface area contributed by atoms with E-state index in [0.717, 1.165) is 38.8 Å². The topological polar surface area (TPSA) is 59.1 Å². The highest BCUT2D eigenvalue weighted by molar-refractivity contribution is 5.69. The molecule has 0 amide bonds. The molecule has 0 aromatic heterocycles. The van der Waals surface area contributed by atoms with Gasteiger partial charge in [-0.3, -0.25) is 9.59 Å². The number of nitrogens with zero attached hydrogens (tertiary/aromatic N) is 2. The van der Waals surface area contributed by atoms with Gasteiger partial charge in [0.1, 0.15) is 0 Å². The molecule has 0 aromatic rings. The zero-order valence-electron chi connectivity index (χ0n) is 45.3. The molecule has 0 fully saturated rings. The molecular formula is C59H118N2O4. The molecular weight excluding hydrogens is 801 g/mol. The second-order valence-electron chi connectivity index (χ2n) is 21.1. The number of esters is 2. The van der Waals surface area contributed by atoms with Crippen molar-refractivity contribution in [2.45, 2.75) is 304 Å². The number of carbonyl (C=O) groups is 2. The van der Waals surface area contributed by atoms with Gasteiger partial charge in [-0.05, 0) is 90.4 Å². The first kappa shape index (κ1) is 63.9. The van der Waals surface area contributed by atoms with Crippen LogP contribution >= 0.6 is 0 Å². The Bertz CT molecular complexity index is 959. The largest absolute Gasteiger partial charge is 0.465 e. The van der Waals surface area contributed by atoms with Crippen LogP contribution in [0.1, 0.15) is 304 Å². The van der Waals surface area contributed by atoms with E-state index in [9.17, 15) is 9.59 Å². The second kappa shape index (κ2) is 52.2. The molecule has 0 radical (unpaired) electrons. The molecule has 0 aromatic carbocycles. The summed E-state index contributed by atoms with van der Waals surface area (Å²) < 4.78 is 11.8. The van der Waals surface area contributed by atoms with E-state index in [1.807, 2.05) is 0 Å². The molecule has 6 heteroatoms. The van der Waals surface area contributed by atoms with Gasteiger partial charge in [-0.1, -0.05) is 240 Å². The summed E-state index contributed by atoms with van der Waals surface area (Å²) in [4.78, 5) is 30.4. The maximum absolute atomic E-state index is 12.7. The number of rotatable bonds is 54. The number of carbonyl (C=O) groups excluding carboxylic acids is 2. The number of ether oxygens (including phenoxy) is 2. The minimum absolute atomic E-state index is 0.0270. The molecule has 0 N–H and O–H groups in total. The highest BCUT2D eigenvalue weighted by Crippen LogP contribution is 2.22. The minimum atomic E-state index is 0.0270. The van der Waals surface area contributed by atoms with Crippen LogP contribution in [0.5, 0.6) is 0 Å². The highest BCUT2D eigenvalue weighted by Gasteiger charge is 2.14. The lowest BCUT2D eigenvalue weighted by atomic mass is 9.94. The van der Waals surface area contributed by atoms with Gasteiger partial charge >= 0.3 is 11.9 Å². The number of unbranched alkanes of at least 4 members (excludes halogenated alkanes) is 31. The molecule has 0 saturated carbocycles. The average Bonchev–Trinajstić information content (AvgIpc) is 3.30. The van der Waals surface area contributed by atoms with Crippen LogP contribution in [0.2, 0.25) is 0 Å². The van der Waals surface area contributed by atoms with Gasteiger partial charge in [-0.2, -0.15) is 0 Å². The molecule has 388 valence electrons. The Kier molecular flexibility index (Phi) is 51.3. The van der Waals surface area contributed by atoms with Crippen molar-refractivity contribution in [3.05, 3.63) is 0 Å². The molecule has 0 heterocycles. The van der Waals surface area contributed by atoms with Gasteiger partial charge in [0.25, 0.3) is 0 Å². The molecule has 0 spiro atoms. The quantitative estimate of drug-likeness (QED) is 0.0447. The van der Waals surface area contributed by atoms with Gasteiger partial charge < -0.3 is 19.3 Å². The number of hydrogen-bond donors (Lipinski definition) is 0. The molecule has 0 bridgehead atoms. The predicted molar refractivity (Wildman–Crippen MR) is 285 cm³/mol. The molecule has 2 atom stereocenters. The first-order chi connectivity index (χ1) is 31.9. The Hall–Kier alpha value is -1.14. The summed E-state index contributed by atoms with van der Waals surface area (Å²) in [6.07, 6.45) is 53.8. The minimum Gasteiger partial charge on any atom is -0.465 e. The first-order valence-corrected chi connectivity index (χ1v) is 29.5. The fraction of sp³-hybridized carbons (Fsp3) is 0.966. The van der Waals surface area contributed by atoms with E-state index < -0.39 is 0 Å². The highest BCUT2D eigenvalue weighted by atomic mass is 16.5. The summed E-state index contributed by atoms with van der Waals surface area (Å²) in [5.41, 5.74) is 0. The summed E-state index contributed by atoms with van der Waals surface area (Å²) in [6, 6.07) is 0. The van der Waals surface area contributed by atoms with Crippen LogP contribution in [-0.4, -0.2) is 75.2 Å². The Morgan fingerprint density at radius 2 is 0.585 bits per heavy atom. The first-order valence-electron chi connectivity index (χ1n) is 29.5. The zero-order valence-corrected chi connectivity index (χ0v) is 45.3. The molecule has 0 saturated heterocycles. The average molecular weight is 920 g/mol. The van der Waals surface area contributed by atoms with E-state index in [1.54, 1.807) is 0 Å². The van der Waals surface area contributed by atoms with E-state index in [-0.39, 0.29) is 11.9 Å². The van der Waals surface area contributed by atoms with E-state index in [2.05, 4.69) is 51.6 Å². The number of likely N-dealkylation sites (N-methyl/N-ethyl adjacent to an activating group) is 1. The molecule has 6 nitrogen and oxygen atoms in total. The lowest BCUT2D eigenvalue weighted by Crippen LogP contribution is -2.33. The summed E-state index contributed by atoms with van der Waals surface area (Å²) in [6.45, 7) is 15.0. The fourth-order valence-electron chi connectivity index (χ4n) is 9.52. The van der Waals surface area contributed by atoms with Crippen molar-refractivity contribution < 1.29 is 19.1 Å². The van der Waals surface area contributed by atoms with Crippen molar-refractivity contribution in [1.82, 2.24) is 9.80 Å². The van der Waals surface area contributed by atoms with E-state index in [4.69, 9.17) is 9.47 Å². The maximum Gasteiger partial charge on any atom is 0.305 e. The smallest absolute Gasteiger partial charge is 0.305 e. The third-order valence-electron chi connectivity index (χ3n) is 14.1. The molecule has 0 aliphatic heterocycles. The summed E-state index contributed by atoms with van der Waals surface area (Å²) in [7, 11) is 4.35. The van der Waals surface area contributed by atoms with Crippen LogP contribution in [0.3, 0.4) is 0 Å². The van der Waals surface area contributed by atoms with E-state index >= 15 is 0 Å². The Labute approximate surface area is 408 Å². The molecule has 65 heavy (non-hydrogen) atoms. The van der Waals surface area contributed by atoms with Gasteiger partial charge in [0.15, 0.2) is 0 Å². The van der Waals surface area contributed by atoms with Crippen molar-refractivity contribution in [1.29, 1.82) is 0 Å². The van der Waals surface area contributed by atoms with E-state index in [1.165, 1.54) is 251 Å². The summed E-state index contributed by atoms with van der Waals surface area (Å²) >= 11 is 0. The van der Waals surface area contributed by atoms with Crippen LogP contribution in [0.4, 0.5) is 0 Å². The Morgan fingerprint density at radius 3 is 0.877 bits per heavy atom. The molecule has 0 rings (SSSR count). The van der Waals surface area contributed by atoms with Crippen molar-refractivity contribution in [2.75, 3.05) is 53.5 Å². The van der Waals surface area contributed by atoms with Gasteiger partial charge in [0, 0.05) is 25.9 Å². The van der Waals surface area contributed by atoms with Crippen molar-refractivity contribution in [3.8, 4) is 0 Å². The van der Waals surface area contributed by atoms with Crippen molar-refractivity contribution in [2.24, 2.45) is 11.8 Å². The fourth-order valence-corrected chi connectivity index (χ4v) is 9.52. The van der Waals surface area contributed by atoms with Gasteiger partial charge in [-0.15, -0.1) is 0 Å². The van der Waals surface area contributed by atoms with Gasteiger partial charge in [-0.25, -0.2) is 0 Å². The van der Waals surface area contributed by atoms with Gasteiger partial charge in [0.05, 0.1) is 13.2 Å². The third kappa shape index (κ3) is 49.1. The SMILES string of the molecule is CCCCCCCCCCC(CCCCCCCC)COC(=O)CCCCCCCN(CCCCCCCC(=O)OCC(CCCCCCCC)CCCCCCCCC)CCN(C)C. The van der Waals surface area contributed by atoms with Gasteiger partial charge in [0.2, 0.25) is 0 Å². The molecule has 0 aliphatic carbocycles. The number of hydrogen-bond acceptors (Lipinski definition) is 6. The van der Waals surface area contributed by atoms with Crippen molar-refractivity contribution in [3.63, 3.8) is 0 Å². The lowest BCUT2D eigenvalue weighted by molar-refractivity contribution is -0.146. The monoisotopic (exact) mass is 919 g/mol. The summed E-state index contributed by atoms with van der Waals surface area (Å²) in [5, 5.41) is 0. The molecule has 0 aliphatic rings. The molecule has 2 unspecified atom stereocenters. The Morgan fingerprint density at radius 1 is 0.323 bits per heavy atom. The van der Waals surface area contributed by atoms with Crippen LogP contribution in [0.25, 0.3) is 0 Å². The standard InChI is InChI=1S/C59H118N2O4/c1-7-11-15-19-23-25-31-39-47-57(45-37-29-22-18-14-10-4)55-65-59(63)49-41-33-27-35-43-51-61(53-52-60(5)6)50-42-34-26-32-40-48-58(62)64-54-56(44-36-28-21-17-13-9-3)46-38-30-24-20-16-12-8-2/h56-57H,7-55H2,1-6H3. The normalized spacial score (nSPS) is 12.7. The van der Waals surface area contributed by atoms with E-state index in [0.29, 0.717) is 37.9 Å². The van der Waals surface area contributed by atoms with Crippen molar-refractivity contribution >= 4 is 11.9 Å². The second-order valence-corrected chi connectivity index (χ2v) is 21.1. The van der Waals surface area contributed by atoms with Crippen LogP contribution in [0.15, 0.2) is 0 Å². The summed E-state index contributed by atoms with van der Waals surface area (Å²) in [5.74, 6) is 1.14. The van der Waals surface area contributed by atoms with Crippen LogP contribution in [0, 0.1) is 11.8 Å². The van der Waals surface area contributed by atoms with Crippen LogP contribution < -0.4 is 0 Å². The van der Waals surface area contributed by atoms with Crippen LogP contribution in [-0.2, 0) is 19.1 Å². The maximum atomic E-state index is 12.7.